The fraction of sp³-hybridized carbons (Fsp3) is 0.786. The van der Waals surface area contributed by atoms with Crippen molar-refractivity contribution in [3.63, 3.8) is 0 Å². The molecular formula is C14H25N3O3. The number of carbonyl (C=O) groups excluding carboxylic acids is 3. The summed E-state index contributed by atoms with van der Waals surface area (Å²) in [6, 6.07) is -0.168. The van der Waals surface area contributed by atoms with Crippen LogP contribution < -0.4 is 10.6 Å². The lowest BCUT2D eigenvalue weighted by atomic mass is 10.1. The van der Waals surface area contributed by atoms with E-state index in [1.165, 1.54) is 4.90 Å². The third-order valence-electron chi connectivity index (χ3n) is 3.58. The Hall–Kier alpha value is -1.59. The van der Waals surface area contributed by atoms with Gasteiger partial charge >= 0.3 is 6.03 Å². The monoisotopic (exact) mass is 283 g/mol. The lowest BCUT2D eigenvalue weighted by Crippen LogP contribution is -2.40. The number of amides is 4. The topological polar surface area (TPSA) is 78.5 Å². The molecule has 1 heterocycles. The Morgan fingerprint density at radius 1 is 1.30 bits per heavy atom. The van der Waals surface area contributed by atoms with Crippen molar-refractivity contribution < 1.29 is 14.4 Å². The molecule has 0 aromatic carbocycles. The minimum absolute atomic E-state index is 0.0231. The summed E-state index contributed by atoms with van der Waals surface area (Å²) in [5, 5.41) is 5.56. The standard InChI is InChI=1S/C14H25N3O3/c1-5-10(6-2)15-11(18)8-7-9-17-12(19)14(3,4)16-13(17)20/h10H,5-9H2,1-4H3,(H,15,18)(H,16,20). The van der Waals surface area contributed by atoms with Gasteiger partial charge in [-0.3, -0.25) is 14.5 Å². The lowest BCUT2D eigenvalue weighted by Gasteiger charge is -2.17. The van der Waals surface area contributed by atoms with Crippen molar-refractivity contribution in [2.75, 3.05) is 6.54 Å². The van der Waals surface area contributed by atoms with E-state index in [2.05, 4.69) is 10.6 Å². The van der Waals surface area contributed by atoms with Crippen LogP contribution in [0.25, 0.3) is 0 Å². The van der Waals surface area contributed by atoms with Crippen LogP contribution in [0.5, 0.6) is 0 Å². The van der Waals surface area contributed by atoms with Gasteiger partial charge in [0.1, 0.15) is 5.54 Å². The largest absolute Gasteiger partial charge is 0.353 e. The molecular weight excluding hydrogens is 258 g/mol. The molecule has 0 spiro atoms. The van der Waals surface area contributed by atoms with Crippen LogP contribution in [0.3, 0.4) is 0 Å². The van der Waals surface area contributed by atoms with Gasteiger partial charge in [-0.2, -0.15) is 0 Å². The number of rotatable bonds is 7. The third kappa shape index (κ3) is 3.95. The highest BCUT2D eigenvalue weighted by molar-refractivity contribution is 6.06. The van der Waals surface area contributed by atoms with Gasteiger partial charge in [0.05, 0.1) is 0 Å². The van der Waals surface area contributed by atoms with E-state index in [-0.39, 0.29) is 30.4 Å². The summed E-state index contributed by atoms with van der Waals surface area (Å²) in [5.41, 5.74) is -0.838. The van der Waals surface area contributed by atoms with Crippen molar-refractivity contribution in [2.45, 2.75) is 65.0 Å². The number of hydrogen-bond donors (Lipinski definition) is 2. The first kappa shape index (κ1) is 16.5. The van der Waals surface area contributed by atoms with Crippen LogP contribution in [0, 0.1) is 0 Å². The number of hydrogen-bond acceptors (Lipinski definition) is 3. The van der Waals surface area contributed by atoms with Gasteiger partial charge in [-0.1, -0.05) is 13.8 Å². The first-order chi connectivity index (χ1) is 9.31. The van der Waals surface area contributed by atoms with Crippen molar-refractivity contribution in [3.8, 4) is 0 Å². The molecule has 4 amide bonds. The lowest BCUT2D eigenvalue weighted by molar-refractivity contribution is -0.130. The molecule has 0 aromatic heterocycles. The van der Waals surface area contributed by atoms with Crippen LogP contribution in [0.15, 0.2) is 0 Å². The summed E-state index contributed by atoms with van der Waals surface area (Å²) in [6.07, 6.45) is 2.63. The zero-order chi connectivity index (χ0) is 15.3. The fourth-order valence-corrected chi connectivity index (χ4v) is 2.21. The van der Waals surface area contributed by atoms with Gasteiger partial charge in [0.2, 0.25) is 5.91 Å². The van der Waals surface area contributed by atoms with Gasteiger partial charge in [-0.25, -0.2) is 4.79 Å². The zero-order valence-corrected chi connectivity index (χ0v) is 12.8. The minimum atomic E-state index is -0.838. The molecule has 2 N–H and O–H groups in total. The van der Waals surface area contributed by atoms with Gasteiger partial charge in [0, 0.05) is 19.0 Å². The molecule has 0 aliphatic carbocycles. The smallest absolute Gasteiger partial charge is 0.325 e. The van der Waals surface area contributed by atoms with E-state index in [9.17, 15) is 14.4 Å². The molecule has 0 saturated carbocycles. The van der Waals surface area contributed by atoms with Gasteiger partial charge in [-0.15, -0.1) is 0 Å². The number of nitrogens with one attached hydrogen (secondary N) is 2. The minimum Gasteiger partial charge on any atom is -0.353 e. The Morgan fingerprint density at radius 2 is 1.90 bits per heavy atom. The first-order valence-electron chi connectivity index (χ1n) is 7.25. The second kappa shape index (κ2) is 6.72. The van der Waals surface area contributed by atoms with E-state index in [0.29, 0.717) is 12.8 Å². The van der Waals surface area contributed by atoms with E-state index >= 15 is 0 Å². The maximum atomic E-state index is 11.9. The molecule has 1 saturated heterocycles. The van der Waals surface area contributed by atoms with Crippen molar-refractivity contribution in [1.29, 1.82) is 0 Å². The van der Waals surface area contributed by atoms with Crippen LogP contribution in [-0.2, 0) is 9.59 Å². The Bertz CT molecular complexity index is 389. The quantitative estimate of drug-likeness (QED) is 0.693. The third-order valence-corrected chi connectivity index (χ3v) is 3.58. The highest BCUT2D eigenvalue weighted by atomic mass is 16.2. The average molecular weight is 283 g/mol. The van der Waals surface area contributed by atoms with Crippen LogP contribution in [0.2, 0.25) is 0 Å². The molecule has 0 radical (unpaired) electrons. The zero-order valence-electron chi connectivity index (χ0n) is 12.8. The second-order valence-electron chi connectivity index (χ2n) is 5.70. The molecule has 1 aliphatic heterocycles. The van der Waals surface area contributed by atoms with E-state index in [0.717, 1.165) is 12.8 Å². The molecule has 1 fully saturated rings. The molecule has 0 atom stereocenters. The highest BCUT2D eigenvalue weighted by Gasteiger charge is 2.43. The predicted molar refractivity (Wildman–Crippen MR) is 76.1 cm³/mol. The summed E-state index contributed by atoms with van der Waals surface area (Å²) in [5.74, 6) is -0.257. The summed E-state index contributed by atoms with van der Waals surface area (Å²) in [7, 11) is 0. The first-order valence-corrected chi connectivity index (χ1v) is 7.25. The van der Waals surface area contributed by atoms with E-state index < -0.39 is 5.54 Å². The number of imide groups is 1. The molecule has 0 aromatic rings. The Labute approximate surface area is 120 Å². The van der Waals surface area contributed by atoms with Gasteiger partial charge < -0.3 is 10.6 Å². The molecule has 0 unspecified atom stereocenters. The van der Waals surface area contributed by atoms with Crippen LogP contribution in [0.4, 0.5) is 4.79 Å². The predicted octanol–water partition coefficient (Wildman–Crippen LogP) is 1.40. The molecule has 6 nitrogen and oxygen atoms in total. The molecule has 6 heteroatoms. The summed E-state index contributed by atoms with van der Waals surface area (Å²) in [6.45, 7) is 7.69. The normalized spacial score (nSPS) is 17.6. The van der Waals surface area contributed by atoms with Crippen LogP contribution >= 0.6 is 0 Å². The fourth-order valence-electron chi connectivity index (χ4n) is 2.21. The van der Waals surface area contributed by atoms with E-state index in [4.69, 9.17) is 0 Å². The molecule has 1 rings (SSSR count). The summed E-state index contributed by atoms with van der Waals surface area (Å²) in [4.78, 5) is 36.5. The van der Waals surface area contributed by atoms with E-state index in [1.54, 1.807) is 13.8 Å². The number of nitrogens with zero attached hydrogens (tertiary/aromatic N) is 1. The van der Waals surface area contributed by atoms with Crippen LogP contribution in [-0.4, -0.2) is 40.9 Å². The highest BCUT2D eigenvalue weighted by Crippen LogP contribution is 2.16. The van der Waals surface area contributed by atoms with Crippen molar-refractivity contribution in [1.82, 2.24) is 15.5 Å². The van der Waals surface area contributed by atoms with Gasteiger partial charge in [-0.05, 0) is 33.1 Å². The molecule has 0 bridgehead atoms. The SMILES string of the molecule is CCC(CC)NC(=O)CCCN1C(=O)NC(C)(C)C1=O. The maximum Gasteiger partial charge on any atom is 0.325 e. The van der Waals surface area contributed by atoms with Crippen molar-refractivity contribution in [3.05, 3.63) is 0 Å². The second-order valence-corrected chi connectivity index (χ2v) is 5.70. The molecule has 20 heavy (non-hydrogen) atoms. The summed E-state index contributed by atoms with van der Waals surface area (Å²) >= 11 is 0. The van der Waals surface area contributed by atoms with Crippen LogP contribution in [0.1, 0.15) is 53.4 Å². The maximum absolute atomic E-state index is 11.9. The number of carbonyl (C=O) groups is 3. The van der Waals surface area contributed by atoms with Crippen molar-refractivity contribution in [2.24, 2.45) is 0 Å². The Kier molecular flexibility index (Phi) is 5.53. The molecule has 114 valence electrons. The summed E-state index contributed by atoms with van der Waals surface area (Å²) < 4.78 is 0. The Balaban J connectivity index is 2.36. The Morgan fingerprint density at radius 3 is 2.35 bits per heavy atom. The van der Waals surface area contributed by atoms with Gasteiger partial charge in [0.25, 0.3) is 5.91 Å². The van der Waals surface area contributed by atoms with Crippen molar-refractivity contribution >= 4 is 17.8 Å². The molecule has 1 aliphatic rings. The number of urea groups is 1. The van der Waals surface area contributed by atoms with E-state index in [1.807, 2.05) is 13.8 Å². The van der Waals surface area contributed by atoms with Gasteiger partial charge in [0.15, 0.2) is 0 Å². The average Bonchev–Trinajstić information content (AvgIpc) is 2.57.